The van der Waals surface area contributed by atoms with Gasteiger partial charge < -0.3 is 4.90 Å². The standard InChI is InChI=1S/C21H28N4O3S/c1-25(21(26)17-10-6-11-19(14-17)24-29(2,27)28)13-7-12-18-15-20(23-22-18)16-8-4-3-5-9-16/h3-6,8-11,14,18,20,22-24H,7,12-13,15H2,1-2H3. The van der Waals surface area contributed by atoms with Gasteiger partial charge in [0.05, 0.1) is 6.26 Å². The van der Waals surface area contributed by atoms with Crippen LogP contribution in [0.5, 0.6) is 0 Å². The lowest BCUT2D eigenvalue weighted by atomic mass is 10.00. The van der Waals surface area contributed by atoms with E-state index < -0.39 is 10.0 Å². The van der Waals surface area contributed by atoms with Crippen LogP contribution in [0.15, 0.2) is 54.6 Å². The van der Waals surface area contributed by atoms with Gasteiger partial charge in [-0.2, -0.15) is 0 Å². The molecule has 1 heterocycles. The Balaban J connectivity index is 1.47. The number of hydrogen-bond donors (Lipinski definition) is 3. The third-order valence-corrected chi connectivity index (χ3v) is 5.60. The molecule has 2 atom stereocenters. The van der Waals surface area contributed by atoms with Crippen LogP contribution < -0.4 is 15.6 Å². The number of carbonyl (C=O) groups is 1. The van der Waals surface area contributed by atoms with Crippen molar-refractivity contribution in [1.82, 2.24) is 15.8 Å². The predicted molar refractivity (Wildman–Crippen MR) is 115 cm³/mol. The van der Waals surface area contributed by atoms with Crippen molar-refractivity contribution in [2.45, 2.75) is 31.3 Å². The number of rotatable bonds is 8. The maximum Gasteiger partial charge on any atom is 0.253 e. The smallest absolute Gasteiger partial charge is 0.253 e. The molecular weight excluding hydrogens is 388 g/mol. The van der Waals surface area contributed by atoms with Crippen molar-refractivity contribution >= 4 is 21.6 Å². The van der Waals surface area contributed by atoms with Crippen molar-refractivity contribution in [3.63, 3.8) is 0 Å². The fourth-order valence-electron chi connectivity index (χ4n) is 3.54. The minimum absolute atomic E-state index is 0.123. The van der Waals surface area contributed by atoms with Crippen molar-refractivity contribution in [2.75, 3.05) is 24.6 Å². The zero-order valence-corrected chi connectivity index (χ0v) is 17.6. The first-order valence-electron chi connectivity index (χ1n) is 9.71. The van der Waals surface area contributed by atoms with Crippen LogP contribution in [0.1, 0.15) is 41.2 Å². The number of carbonyl (C=O) groups excluding carboxylic acids is 1. The Morgan fingerprint density at radius 2 is 1.90 bits per heavy atom. The molecule has 1 aliphatic heterocycles. The monoisotopic (exact) mass is 416 g/mol. The van der Waals surface area contributed by atoms with Gasteiger partial charge in [-0.25, -0.2) is 8.42 Å². The molecule has 1 fully saturated rings. The lowest BCUT2D eigenvalue weighted by Gasteiger charge is -2.19. The molecule has 29 heavy (non-hydrogen) atoms. The molecule has 7 nitrogen and oxygen atoms in total. The molecule has 1 amide bonds. The summed E-state index contributed by atoms with van der Waals surface area (Å²) in [6.07, 6.45) is 3.94. The summed E-state index contributed by atoms with van der Waals surface area (Å²) in [6, 6.07) is 17.6. The highest BCUT2D eigenvalue weighted by molar-refractivity contribution is 7.92. The molecule has 0 spiro atoms. The molecule has 1 saturated heterocycles. The van der Waals surface area contributed by atoms with Crippen LogP contribution in [0.3, 0.4) is 0 Å². The van der Waals surface area contributed by atoms with Gasteiger partial charge in [0.25, 0.3) is 5.91 Å². The number of hydrazine groups is 1. The number of anilines is 1. The highest BCUT2D eigenvalue weighted by atomic mass is 32.2. The number of nitrogens with one attached hydrogen (secondary N) is 3. The molecule has 2 unspecified atom stereocenters. The molecule has 2 aromatic carbocycles. The second kappa shape index (κ2) is 9.39. The third kappa shape index (κ3) is 6.28. The molecule has 0 aromatic heterocycles. The van der Waals surface area contributed by atoms with Gasteiger partial charge >= 0.3 is 0 Å². The molecule has 0 saturated carbocycles. The van der Waals surface area contributed by atoms with E-state index in [4.69, 9.17) is 0 Å². The van der Waals surface area contributed by atoms with Crippen LogP contribution >= 0.6 is 0 Å². The van der Waals surface area contributed by atoms with Crippen LogP contribution in [0.2, 0.25) is 0 Å². The molecule has 8 heteroatoms. The molecule has 2 aromatic rings. The second-order valence-corrected chi connectivity index (χ2v) is 9.26. The van der Waals surface area contributed by atoms with E-state index in [2.05, 4.69) is 27.7 Å². The van der Waals surface area contributed by atoms with Gasteiger partial charge in [-0.05, 0) is 43.0 Å². The normalized spacial score (nSPS) is 19.1. The zero-order chi connectivity index (χ0) is 20.9. The summed E-state index contributed by atoms with van der Waals surface area (Å²) < 4.78 is 25.2. The Hall–Kier alpha value is -2.42. The highest BCUT2D eigenvalue weighted by Gasteiger charge is 2.24. The van der Waals surface area contributed by atoms with E-state index in [0.717, 1.165) is 25.5 Å². The minimum Gasteiger partial charge on any atom is -0.342 e. The van der Waals surface area contributed by atoms with Crippen molar-refractivity contribution in [3.8, 4) is 0 Å². The summed E-state index contributed by atoms with van der Waals surface area (Å²) in [5.74, 6) is -0.123. The van der Waals surface area contributed by atoms with Gasteiger partial charge in [0.2, 0.25) is 10.0 Å². The van der Waals surface area contributed by atoms with Crippen molar-refractivity contribution < 1.29 is 13.2 Å². The first kappa shape index (κ1) is 21.3. The molecule has 156 valence electrons. The van der Waals surface area contributed by atoms with E-state index in [1.807, 2.05) is 18.2 Å². The summed E-state index contributed by atoms with van der Waals surface area (Å²) >= 11 is 0. The average Bonchev–Trinajstić information content (AvgIpc) is 3.16. The number of sulfonamides is 1. The van der Waals surface area contributed by atoms with Crippen LogP contribution in [0.4, 0.5) is 5.69 Å². The fourth-order valence-corrected chi connectivity index (χ4v) is 4.10. The molecule has 3 rings (SSSR count). The maximum absolute atomic E-state index is 12.6. The second-order valence-electron chi connectivity index (χ2n) is 7.51. The topological polar surface area (TPSA) is 90.5 Å². The SMILES string of the molecule is CN(CCCC1CC(c2ccccc2)NN1)C(=O)c1cccc(NS(C)(=O)=O)c1. The van der Waals surface area contributed by atoms with Crippen LogP contribution in [0, 0.1) is 0 Å². The number of nitrogens with zero attached hydrogens (tertiary/aromatic N) is 1. The fraction of sp³-hybridized carbons (Fsp3) is 0.381. The number of hydrogen-bond acceptors (Lipinski definition) is 5. The van der Waals surface area contributed by atoms with Gasteiger partial charge in [-0.1, -0.05) is 36.4 Å². The minimum atomic E-state index is -3.38. The van der Waals surface area contributed by atoms with Crippen molar-refractivity contribution in [3.05, 3.63) is 65.7 Å². The summed E-state index contributed by atoms with van der Waals surface area (Å²) in [6.45, 7) is 0.636. The third-order valence-electron chi connectivity index (χ3n) is 4.99. The van der Waals surface area contributed by atoms with E-state index in [-0.39, 0.29) is 5.91 Å². The first-order valence-corrected chi connectivity index (χ1v) is 11.6. The summed E-state index contributed by atoms with van der Waals surface area (Å²) in [7, 11) is -1.61. The van der Waals surface area contributed by atoms with Crippen molar-refractivity contribution in [1.29, 1.82) is 0 Å². The average molecular weight is 417 g/mol. The molecule has 0 aliphatic carbocycles. The lowest BCUT2D eigenvalue weighted by Crippen LogP contribution is -2.32. The van der Waals surface area contributed by atoms with Crippen LogP contribution in [0.25, 0.3) is 0 Å². The van der Waals surface area contributed by atoms with E-state index in [1.54, 1.807) is 36.2 Å². The van der Waals surface area contributed by atoms with E-state index in [9.17, 15) is 13.2 Å². The quantitative estimate of drug-likeness (QED) is 0.615. The van der Waals surface area contributed by atoms with Gasteiger partial charge in [0, 0.05) is 36.9 Å². The Labute approximate surface area is 172 Å². The van der Waals surface area contributed by atoms with E-state index >= 15 is 0 Å². The maximum atomic E-state index is 12.6. The van der Waals surface area contributed by atoms with E-state index in [0.29, 0.717) is 29.9 Å². The van der Waals surface area contributed by atoms with Gasteiger partial charge in [-0.15, -0.1) is 0 Å². The predicted octanol–water partition coefficient (Wildman–Crippen LogP) is 2.52. The van der Waals surface area contributed by atoms with Crippen LogP contribution in [-0.2, 0) is 10.0 Å². The number of benzene rings is 2. The summed E-state index contributed by atoms with van der Waals surface area (Å²) in [4.78, 5) is 14.3. The van der Waals surface area contributed by atoms with Gasteiger partial charge in [0.15, 0.2) is 0 Å². The molecule has 3 N–H and O–H groups in total. The molecule has 1 aliphatic rings. The van der Waals surface area contributed by atoms with Gasteiger partial charge in [0.1, 0.15) is 0 Å². The summed E-state index contributed by atoms with van der Waals surface area (Å²) in [5.41, 5.74) is 8.83. The Bertz CT molecular complexity index is 934. The highest BCUT2D eigenvalue weighted by Crippen LogP contribution is 2.24. The van der Waals surface area contributed by atoms with E-state index in [1.165, 1.54) is 5.56 Å². The Morgan fingerprint density at radius 1 is 1.14 bits per heavy atom. The van der Waals surface area contributed by atoms with Crippen molar-refractivity contribution in [2.24, 2.45) is 0 Å². The Kier molecular flexibility index (Phi) is 6.89. The lowest BCUT2D eigenvalue weighted by molar-refractivity contribution is 0.0791. The molecule has 0 bridgehead atoms. The van der Waals surface area contributed by atoms with Gasteiger partial charge in [-0.3, -0.25) is 20.4 Å². The van der Waals surface area contributed by atoms with Crippen LogP contribution in [-0.4, -0.2) is 45.1 Å². The molecular formula is C21H28N4O3S. The number of amides is 1. The first-order chi connectivity index (χ1) is 13.8. The zero-order valence-electron chi connectivity index (χ0n) is 16.8. The Morgan fingerprint density at radius 3 is 2.62 bits per heavy atom. The largest absolute Gasteiger partial charge is 0.342 e. The molecule has 0 radical (unpaired) electrons. The summed E-state index contributed by atoms with van der Waals surface area (Å²) in [5, 5.41) is 0.